The maximum Gasteiger partial charge on any atom is 0.161 e. The number of nitrogens with one attached hydrogen (secondary N) is 1. The van der Waals surface area contributed by atoms with Crippen LogP contribution in [-0.4, -0.2) is 51.3 Å². The lowest BCUT2D eigenvalue weighted by Crippen LogP contribution is -2.35. The molecular formula is C19H30N2O2. The lowest BCUT2D eigenvalue weighted by Gasteiger charge is -2.29. The van der Waals surface area contributed by atoms with E-state index in [1.807, 2.05) is 0 Å². The zero-order chi connectivity index (χ0) is 16.1. The summed E-state index contributed by atoms with van der Waals surface area (Å²) in [5.74, 6) is 2.58. The van der Waals surface area contributed by atoms with E-state index in [0.717, 1.165) is 62.9 Å². The van der Waals surface area contributed by atoms with Gasteiger partial charge in [0.15, 0.2) is 11.5 Å². The summed E-state index contributed by atoms with van der Waals surface area (Å²) in [5, 5.41) is 3.43. The van der Waals surface area contributed by atoms with Crippen LogP contribution in [0.3, 0.4) is 0 Å². The number of nitrogens with zero attached hydrogens (tertiary/aromatic N) is 1. The summed E-state index contributed by atoms with van der Waals surface area (Å²) >= 11 is 0. The molecule has 0 spiro atoms. The minimum absolute atomic E-state index is 0.315. The number of benzene rings is 1. The molecule has 4 heteroatoms. The van der Waals surface area contributed by atoms with Crippen molar-refractivity contribution in [1.82, 2.24) is 10.2 Å². The Kier molecular flexibility index (Phi) is 5.79. The van der Waals surface area contributed by atoms with Gasteiger partial charge in [0.05, 0.1) is 7.11 Å². The topological polar surface area (TPSA) is 33.7 Å². The molecule has 2 heterocycles. The summed E-state index contributed by atoms with van der Waals surface area (Å²) in [4.78, 5) is 2.36. The van der Waals surface area contributed by atoms with Gasteiger partial charge in [-0.05, 0) is 75.9 Å². The summed E-state index contributed by atoms with van der Waals surface area (Å²) in [6.07, 6.45) is 6.20. The third-order valence-corrected chi connectivity index (χ3v) is 5.17. The van der Waals surface area contributed by atoms with Crippen molar-refractivity contribution in [3.05, 3.63) is 23.8 Å². The number of ether oxygens (including phenoxy) is 2. The fraction of sp³-hybridized carbons (Fsp3) is 0.684. The first kappa shape index (κ1) is 16.6. The van der Waals surface area contributed by atoms with Crippen molar-refractivity contribution in [3.63, 3.8) is 0 Å². The number of hydrogen-bond acceptors (Lipinski definition) is 4. The Bertz CT molecular complexity index is 492. The van der Waals surface area contributed by atoms with E-state index in [1.165, 1.54) is 18.4 Å². The number of piperidine rings is 2. The van der Waals surface area contributed by atoms with Crippen LogP contribution in [0, 0.1) is 5.92 Å². The first-order chi connectivity index (χ1) is 11.2. The van der Waals surface area contributed by atoms with E-state index >= 15 is 0 Å². The number of likely N-dealkylation sites (tertiary alicyclic amines) is 1. The van der Waals surface area contributed by atoms with E-state index in [-0.39, 0.29) is 0 Å². The molecule has 0 aliphatic carbocycles. The van der Waals surface area contributed by atoms with Gasteiger partial charge in [-0.2, -0.15) is 0 Å². The van der Waals surface area contributed by atoms with Crippen LogP contribution in [0.5, 0.6) is 11.5 Å². The van der Waals surface area contributed by atoms with Crippen LogP contribution >= 0.6 is 0 Å². The minimum atomic E-state index is 0.315. The van der Waals surface area contributed by atoms with E-state index in [1.54, 1.807) is 7.11 Å². The van der Waals surface area contributed by atoms with Crippen LogP contribution in [0.1, 0.15) is 31.2 Å². The van der Waals surface area contributed by atoms with Crippen LogP contribution < -0.4 is 14.8 Å². The third kappa shape index (κ3) is 4.61. The van der Waals surface area contributed by atoms with Crippen molar-refractivity contribution in [2.24, 2.45) is 5.92 Å². The fourth-order valence-corrected chi connectivity index (χ4v) is 3.64. The number of methoxy groups -OCH3 is 1. The highest BCUT2D eigenvalue weighted by Crippen LogP contribution is 2.32. The molecule has 128 valence electrons. The quantitative estimate of drug-likeness (QED) is 0.905. The predicted molar refractivity (Wildman–Crippen MR) is 93.4 cm³/mol. The molecule has 4 nitrogen and oxygen atoms in total. The van der Waals surface area contributed by atoms with Crippen molar-refractivity contribution >= 4 is 0 Å². The van der Waals surface area contributed by atoms with Crippen molar-refractivity contribution in [1.29, 1.82) is 0 Å². The van der Waals surface area contributed by atoms with Gasteiger partial charge in [-0.25, -0.2) is 0 Å². The summed E-state index contributed by atoms with van der Waals surface area (Å²) in [7, 11) is 3.91. The second kappa shape index (κ2) is 8.02. The van der Waals surface area contributed by atoms with Crippen LogP contribution in [0.2, 0.25) is 0 Å². The van der Waals surface area contributed by atoms with Gasteiger partial charge in [-0.1, -0.05) is 6.07 Å². The molecule has 0 saturated carbocycles. The lowest BCUT2D eigenvalue weighted by atomic mass is 9.91. The zero-order valence-corrected chi connectivity index (χ0v) is 14.5. The molecule has 0 bridgehead atoms. The van der Waals surface area contributed by atoms with Gasteiger partial charge in [-0.15, -0.1) is 0 Å². The molecule has 2 saturated heterocycles. The van der Waals surface area contributed by atoms with Crippen molar-refractivity contribution in [2.45, 2.75) is 38.2 Å². The summed E-state index contributed by atoms with van der Waals surface area (Å²) in [5.41, 5.74) is 1.37. The Balaban J connectivity index is 1.62. The largest absolute Gasteiger partial charge is 0.493 e. The average molecular weight is 318 g/mol. The SMILES string of the molecule is COc1cc(CC2CCNCC2)ccc1OC1CCN(C)CC1. The molecule has 2 fully saturated rings. The van der Waals surface area contributed by atoms with Crippen molar-refractivity contribution in [3.8, 4) is 11.5 Å². The molecule has 3 rings (SSSR count). The standard InChI is InChI=1S/C19H30N2O2/c1-21-11-7-17(8-12-21)23-18-4-3-16(14-19(18)22-2)13-15-5-9-20-10-6-15/h3-4,14-15,17,20H,5-13H2,1-2H3. The number of hydrogen-bond donors (Lipinski definition) is 1. The Labute approximate surface area is 140 Å². The monoisotopic (exact) mass is 318 g/mol. The summed E-state index contributed by atoms with van der Waals surface area (Å²) in [6, 6.07) is 6.49. The van der Waals surface area contributed by atoms with Gasteiger partial charge in [0.25, 0.3) is 0 Å². The summed E-state index contributed by atoms with van der Waals surface area (Å²) < 4.78 is 11.8. The highest BCUT2D eigenvalue weighted by Gasteiger charge is 2.20. The van der Waals surface area contributed by atoms with Gasteiger partial charge in [0.1, 0.15) is 6.10 Å². The molecule has 2 aliphatic heterocycles. The Morgan fingerprint density at radius 1 is 1.09 bits per heavy atom. The maximum absolute atomic E-state index is 6.21. The van der Waals surface area contributed by atoms with E-state index in [9.17, 15) is 0 Å². The lowest BCUT2D eigenvalue weighted by molar-refractivity contribution is 0.111. The van der Waals surface area contributed by atoms with E-state index < -0.39 is 0 Å². The second-order valence-corrected chi connectivity index (χ2v) is 7.00. The highest BCUT2D eigenvalue weighted by molar-refractivity contribution is 5.43. The van der Waals surface area contributed by atoms with Gasteiger partial charge < -0.3 is 19.7 Å². The third-order valence-electron chi connectivity index (χ3n) is 5.17. The fourth-order valence-electron chi connectivity index (χ4n) is 3.64. The van der Waals surface area contributed by atoms with Crippen molar-refractivity contribution < 1.29 is 9.47 Å². The molecule has 0 unspecified atom stereocenters. The molecule has 1 aromatic carbocycles. The second-order valence-electron chi connectivity index (χ2n) is 7.00. The van der Waals surface area contributed by atoms with Crippen molar-refractivity contribution in [2.75, 3.05) is 40.3 Å². The maximum atomic E-state index is 6.21. The molecule has 0 radical (unpaired) electrons. The minimum Gasteiger partial charge on any atom is -0.493 e. The smallest absolute Gasteiger partial charge is 0.161 e. The molecule has 0 atom stereocenters. The zero-order valence-electron chi connectivity index (χ0n) is 14.5. The van der Waals surface area contributed by atoms with Crippen LogP contribution in [0.25, 0.3) is 0 Å². The van der Waals surface area contributed by atoms with Gasteiger partial charge >= 0.3 is 0 Å². The molecule has 1 N–H and O–H groups in total. The molecule has 0 aromatic heterocycles. The number of rotatable bonds is 5. The molecular weight excluding hydrogens is 288 g/mol. The van der Waals surface area contributed by atoms with Crippen LogP contribution in [0.4, 0.5) is 0 Å². The Morgan fingerprint density at radius 2 is 1.83 bits per heavy atom. The molecule has 0 amide bonds. The first-order valence-corrected chi connectivity index (χ1v) is 8.97. The average Bonchev–Trinajstić information content (AvgIpc) is 2.59. The van der Waals surface area contributed by atoms with Gasteiger partial charge in [0.2, 0.25) is 0 Å². The first-order valence-electron chi connectivity index (χ1n) is 8.97. The Morgan fingerprint density at radius 3 is 2.52 bits per heavy atom. The van der Waals surface area contributed by atoms with Crippen LogP contribution in [0.15, 0.2) is 18.2 Å². The molecule has 2 aliphatic rings. The summed E-state index contributed by atoms with van der Waals surface area (Å²) in [6.45, 7) is 4.53. The van der Waals surface area contributed by atoms with Crippen LogP contribution in [-0.2, 0) is 6.42 Å². The van der Waals surface area contributed by atoms with Gasteiger partial charge in [0, 0.05) is 13.1 Å². The van der Waals surface area contributed by atoms with Gasteiger partial charge in [-0.3, -0.25) is 0 Å². The predicted octanol–water partition coefficient (Wildman–Crippen LogP) is 2.71. The van der Waals surface area contributed by atoms with E-state index in [0.29, 0.717) is 6.10 Å². The highest BCUT2D eigenvalue weighted by atomic mass is 16.5. The van der Waals surface area contributed by atoms with E-state index in [2.05, 4.69) is 35.5 Å². The normalized spacial score (nSPS) is 21.3. The molecule has 23 heavy (non-hydrogen) atoms. The van der Waals surface area contributed by atoms with E-state index in [4.69, 9.17) is 9.47 Å². The Hall–Kier alpha value is -1.26. The molecule has 1 aromatic rings.